The maximum atomic E-state index is 12.3. The zero-order chi connectivity index (χ0) is 18.5. The summed E-state index contributed by atoms with van der Waals surface area (Å²) in [5.74, 6) is 0.348. The lowest BCUT2D eigenvalue weighted by molar-refractivity contribution is 0.0953. The molecule has 1 aliphatic heterocycles. The number of benzene rings is 1. The average Bonchev–Trinajstić information content (AvgIpc) is 3.37. The van der Waals surface area contributed by atoms with Crippen LogP contribution in [-0.4, -0.2) is 46.7 Å². The van der Waals surface area contributed by atoms with E-state index < -0.39 is 0 Å². The quantitative estimate of drug-likeness (QED) is 0.598. The van der Waals surface area contributed by atoms with Crippen molar-refractivity contribution in [2.24, 2.45) is 0 Å². The van der Waals surface area contributed by atoms with E-state index in [4.69, 9.17) is 4.74 Å². The minimum atomic E-state index is -0.166. The largest absolute Gasteiger partial charge is 0.376 e. The highest BCUT2D eigenvalue weighted by Crippen LogP contribution is 2.17. The Labute approximate surface area is 157 Å². The van der Waals surface area contributed by atoms with Gasteiger partial charge in [0.1, 0.15) is 0 Å². The van der Waals surface area contributed by atoms with E-state index >= 15 is 0 Å². The van der Waals surface area contributed by atoms with Gasteiger partial charge >= 0.3 is 0 Å². The van der Waals surface area contributed by atoms with Crippen molar-refractivity contribution < 1.29 is 9.53 Å². The van der Waals surface area contributed by atoms with Crippen LogP contribution in [0.3, 0.4) is 0 Å². The van der Waals surface area contributed by atoms with Crippen LogP contribution in [0, 0.1) is 0 Å². The normalized spacial score (nSPS) is 16.5. The Morgan fingerprint density at radius 1 is 1.26 bits per heavy atom. The summed E-state index contributed by atoms with van der Waals surface area (Å²) in [6.45, 7) is 2.07. The van der Waals surface area contributed by atoms with Crippen molar-refractivity contribution in [3.8, 4) is 0 Å². The van der Waals surface area contributed by atoms with Crippen molar-refractivity contribution >= 4 is 22.8 Å². The molecule has 1 aromatic carbocycles. The monoisotopic (exact) mass is 365 g/mol. The van der Waals surface area contributed by atoms with E-state index in [9.17, 15) is 4.79 Å². The van der Waals surface area contributed by atoms with E-state index in [0.29, 0.717) is 24.6 Å². The summed E-state index contributed by atoms with van der Waals surface area (Å²) >= 11 is 0. The Hall–Kier alpha value is -2.93. The predicted molar refractivity (Wildman–Crippen MR) is 104 cm³/mol. The third-order valence-electron chi connectivity index (χ3n) is 4.78. The van der Waals surface area contributed by atoms with Crippen molar-refractivity contribution in [3.63, 3.8) is 0 Å². The first-order valence-electron chi connectivity index (χ1n) is 9.30. The molecule has 1 fully saturated rings. The molecule has 7 nitrogen and oxygen atoms in total. The molecule has 1 unspecified atom stereocenters. The molecular weight excluding hydrogens is 342 g/mol. The summed E-state index contributed by atoms with van der Waals surface area (Å²) < 4.78 is 5.55. The smallest absolute Gasteiger partial charge is 0.254 e. The SMILES string of the molecule is O=C(NCCc1c[nH]c2ccccc12)c1cnc(NCC2CCCO2)nc1. The van der Waals surface area contributed by atoms with E-state index in [2.05, 4.69) is 31.7 Å². The molecule has 0 bridgehead atoms. The van der Waals surface area contributed by atoms with Gasteiger partial charge in [0.25, 0.3) is 5.91 Å². The van der Waals surface area contributed by atoms with Crippen LogP contribution in [0.1, 0.15) is 28.8 Å². The molecule has 0 spiro atoms. The van der Waals surface area contributed by atoms with Gasteiger partial charge in [-0.25, -0.2) is 9.97 Å². The summed E-state index contributed by atoms with van der Waals surface area (Å²) in [7, 11) is 0. The molecule has 3 N–H and O–H groups in total. The molecule has 2 aromatic heterocycles. The molecular formula is C20H23N5O2. The number of H-pyrrole nitrogens is 1. The van der Waals surface area contributed by atoms with Gasteiger partial charge in [-0.2, -0.15) is 0 Å². The van der Waals surface area contributed by atoms with Gasteiger partial charge in [0.15, 0.2) is 0 Å². The van der Waals surface area contributed by atoms with Gasteiger partial charge in [0.2, 0.25) is 5.95 Å². The Balaban J connectivity index is 1.26. The first kappa shape index (κ1) is 17.5. The summed E-state index contributed by atoms with van der Waals surface area (Å²) in [5, 5.41) is 7.27. The number of hydrogen-bond acceptors (Lipinski definition) is 5. The van der Waals surface area contributed by atoms with E-state index in [-0.39, 0.29) is 12.0 Å². The van der Waals surface area contributed by atoms with Crippen LogP contribution in [0.4, 0.5) is 5.95 Å². The first-order chi connectivity index (χ1) is 13.3. The highest BCUT2D eigenvalue weighted by Gasteiger charge is 2.15. The highest BCUT2D eigenvalue weighted by molar-refractivity contribution is 5.93. The zero-order valence-electron chi connectivity index (χ0n) is 15.1. The molecule has 1 saturated heterocycles. The fraction of sp³-hybridized carbons (Fsp3) is 0.350. The summed E-state index contributed by atoms with van der Waals surface area (Å²) in [6.07, 6.45) is 8.24. The van der Waals surface area contributed by atoms with Gasteiger partial charge in [-0.1, -0.05) is 18.2 Å². The number of ether oxygens (including phenoxy) is 1. The van der Waals surface area contributed by atoms with E-state index in [1.54, 1.807) is 12.4 Å². The second-order valence-electron chi connectivity index (χ2n) is 6.68. The number of nitrogens with zero attached hydrogens (tertiary/aromatic N) is 2. The third-order valence-corrected chi connectivity index (χ3v) is 4.78. The second kappa shape index (κ2) is 8.18. The Morgan fingerprint density at radius 3 is 2.93 bits per heavy atom. The van der Waals surface area contributed by atoms with Crippen molar-refractivity contribution in [1.29, 1.82) is 0 Å². The minimum Gasteiger partial charge on any atom is -0.376 e. The van der Waals surface area contributed by atoms with E-state index in [1.807, 2.05) is 24.4 Å². The molecule has 0 saturated carbocycles. The molecule has 1 atom stereocenters. The maximum absolute atomic E-state index is 12.3. The second-order valence-corrected chi connectivity index (χ2v) is 6.68. The molecule has 3 aromatic rings. The van der Waals surface area contributed by atoms with Crippen molar-refractivity contribution in [2.75, 3.05) is 25.0 Å². The molecule has 7 heteroatoms. The van der Waals surface area contributed by atoms with Crippen molar-refractivity contribution in [1.82, 2.24) is 20.3 Å². The maximum Gasteiger partial charge on any atom is 0.254 e. The first-order valence-corrected chi connectivity index (χ1v) is 9.30. The topological polar surface area (TPSA) is 91.9 Å². The van der Waals surface area contributed by atoms with Crippen LogP contribution < -0.4 is 10.6 Å². The van der Waals surface area contributed by atoms with Gasteiger partial charge in [-0.15, -0.1) is 0 Å². The number of para-hydroxylation sites is 1. The van der Waals surface area contributed by atoms with Crippen LogP contribution in [0.25, 0.3) is 10.9 Å². The zero-order valence-corrected chi connectivity index (χ0v) is 15.1. The fourth-order valence-corrected chi connectivity index (χ4v) is 3.30. The van der Waals surface area contributed by atoms with Gasteiger partial charge in [-0.3, -0.25) is 4.79 Å². The number of hydrogen-bond donors (Lipinski definition) is 3. The summed E-state index contributed by atoms with van der Waals surface area (Å²) in [4.78, 5) is 24.0. The lowest BCUT2D eigenvalue weighted by atomic mass is 10.1. The number of carbonyl (C=O) groups excluding carboxylic acids is 1. The lowest BCUT2D eigenvalue weighted by Crippen LogP contribution is -2.26. The predicted octanol–water partition coefficient (Wildman–Crippen LogP) is 2.52. The van der Waals surface area contributed by atoms with Gasteiger partial charge in [0.05, 0.1) is 11.7 Å². The summed E-state index contributed by atoms with van der Waals surface area (Å²) in [6, 6.07) is 8.15. The van der Waals surface area contributed by atoms with Crippen LogP contribution in [0.15, 0.2) is 42.9 Å². The highest BCUT2D eigenvalue weighted by atomic mass is 16.5. The minimum absolute atomic E-state index is 0.166. The Morgan fingerprint density at radius 2 is 2.11 bits per heavy atom. The molecule has 27 heavy (non-hydrogen) atoms. The van der Waals surface area contributed by atoms with Crippen LogP contribution in [-0.2, 0) is 11.2 Å². The van der Waals surface area contributed by atoms with Crippen LogP contribution >= 0.6 is 0 Å². The third kappa shape index (κ3) is 4.25. The number of anilines is 1. The standard InChI is InChI=1S/C20H23N5O2/c26-19(21-8-7-14-10-22-18-6-2-1-5-17(14)18)15-11-23-20(24-12-15)25-13-16-4-3-9-27-16/h1-2,5-6,10-12,16,22H,3-4,7-9,13H2,(H,21,26)(H,23,24,25). The number of aromatic amines is 1. The number of aromatic nitrogens is 3. The number of carbonyl (C=O) groups is 1. The number of nitrogens with one attached hydrogen (secondary N) is 3. The molecule has 140 valence electrons. The molecule has 0 radical (unpaired) electrons. The lowest BCUT2D eigenvalue weighted by Gasteiger charge is -2.10. The Kier molecular flexibility index (Phi) is 5.29. The van der Waals surface area contributed by atoms with Gasteiger partial charge < -0.3 is 20.4 Å². The van der Waals surface area contributed by atoms with Crippen LogP contribution in [0.2, 0.25) is 0 Å². The van der Waals surface area contributed by atoms with E-state index in [0.717, 1.165) is 31.4 Å². The number of fused-ring (bicyclic) bond motifs is 1. The molecule has 4 rings (SSSR count). The molecule has 1 aliphatic rings. The number of amides is 1. The summed E-state index contributed by atoms with van der Waals surface area (Å²) in [5.41, 5.74) is 2.76. The van der Waals surface area contributed by atoms with Crippen LogP contribution in [0.5, 0.6) is 0 Å². The van der Waals surface area contributed by atoms with Gasteiger partial charge in [0, 0.05) is 49.2 Å². The Bertz CT molecular complexity index is 900. The fourth-order valence-electron chi connectivity index (χ4n) is 3.30. The number of rotatable bonds is 7. The van der Waals surface area contributed by atoms with Crippen molar-refractivity contribution in [2.45, 2.75) is 25.4 Å². The molecule has 0 aliphatic carbocycles. The average molecular weight is 365 g/mol. The molecule has 1 amide bonds. The molecule has 3 heterocycles. The van der Waals surface area contributed by atoms with Crippen molar-refractivity contribution in [3.05, 3.63) is 54.0 Å². The van der Waals surface area contributed by atoms with E-state index in [1.165, 1.54) is 10.9 Å². The van der Waals surface area contributed by atoms with Gasteiger partial charge in [-0.05, 0) is 30.9 Å².